The molecular formula is C26H32FN. The Kier molecular flexibility index (Phi) is 7.26. The summed E-state index contributed by atoms with van der Waals surface area (Å²) < 4.78 is 15.6. The fraction of sp³-hybridized carbons (Fsp3) is 0.500. The SMILES string of the molecule is CCCCCCCC1CCC(F)(c2ccc(-c3ccc(C#N)cc3)cc2)CC1. The first-order chi connectivity index (χ1) is 13.6. The molecule has 1 nitrogen and oxygen atoms in total. The van der Waals surface area contributed by atoms with Gasteiger partial charge < -0.3 is 0 Å². The van der Waals surface area contributed by atoms with Crippen molar-refractivity contribution in [1.82, 2.24) is 0 Å². The predicted octanol–water partition coefficient (Wildman–Crippen LogP) is 7.94. The Morgan fingerprint density at radius 1 is 0.893 bits per heavy atom. The van der Waals surface area contributed by atoms with Gasteiger partial charge in [-0.25, -0.2) is 4.39 Å². The highest BCUT2D eigenvalue weighted by atomic mass is 19.1. The van der Waals surface area contributed by atoms with E-state index in [-0.39, 0.29) is 0 Å². The molecule has 0 N–H and O–H groups in total. The Bertz CT molecular complexity index is 762. The second-order valence-corrected chi connectivity index (χ2v) is 8.38. The van der Waals surface area contributed by atoms with E-state index in [1.165, 1.54) is 38.5 Å². The lowest BCUT2D eigenvalue weighted by atomic mass is 9.75. The van der Waals surface area contributed by atoms with E-state index in [1.807, 2.05) is 48.5 Å². The van der Waals surface area contributed by atoms with E-state index in [0.29, 0.717) is 24.3 Å². The fourth-order valence-corrected chi connectivity index (χ4v) is 4.45. The molecule has 148 valence electrons. The average molecular weight is 378 g/mol. The lowest BCUT2D eigenvalue weighted by Gasteiger charge is -2.34. The van der Waals surface area contributed by atoms with E-state index in [2.05, 4.69) is 13.0 Å². The highest BCUT2D eigenvalue weighted by Crippen LogP contribution is 2.44. The Balaban J connectivity index is 1.54. The smallest absolute Gasteiger partial charge is 0.136 e. The zero-order valence-electron chi connectivity index (χ0n) is 17.1. The van der Waals surface area contributed by atoms with Crippen LogP contribution in [0.15, 0.2) is 48.5 Å². The molecule has 0 aliphatic heterocycles. The number of rotatable bonds is 8. The first-order valence-corrected chi connectivity index (χ1v) is 10.9. The monoisotopic (exact) mass is 377 g/mol. The van der Waals surface area contributed by atoms with E-state index in [0.717, 1.165) is 29.5 Å². The number of benzene rings is 2. The van der Waals surface area contributed by atoms with Crippen LogP contribution in [0, 0.1) is 17.2 Å². The van der Waals surface area contributed by atoms with Crippen molar-refractivity contribution in [2.75, 3.05) is 0 Å². The van der Waals surface area contributed by atoms with Crippen LogP contribution >= 0.6 is 0 Å². The fourth-order valence-electron chi connectivity index (χ4n) is 4.45. The summed E-state index contributed by atoms with van der Waals surface area (Å²) in [5, 5.41) is 8.92. The molecule has 0 amide bonds. The van der Waals surface area contributed by atoms with E-state index < -0.39 is 5.67 Å². The molecular weight excluding hydrogens is 345 g/mol. The number of nitriles is 1. The van der Waals surface area contributed by atoms with Crippen LogP contribution in [-0.2, 0) is 5.67 Å². The molecule has 1 aliphatic rings. The van der Waals surface area contributed by atoms with Gasteiger partial charge >= 0.3 is 0 Å². The number of nitrogens with zero attached hydrogens (tertiary/aromatic N) is 1. The van der Waals surface area contributed by atoms with Crippen LogP contribution in [0.3, 0.4) is 0 Å². The van der Waals surface area contributed by atoms with E-state index >= 15 is 4.39 Å². The van der Waals surface area contributed by atoms with Crippen LogP contribution in [0.5, 0.6) is 0 Å². The minimum Gasteiger partial charge on any atom is -0.239 e. The molecule has 0 radical (unpaired) electrons. The molecule has 1 saturated carbocycles. The van der Waals surface area contributed by atoms with Gasteiger partial charge in [0, 0.05) is 0 Å². The lowest BCUT2D eigenvalue weighted by molar-refractivity contribution is 0.0787. The van der Waals surface area contributed by atoms with E-state index in [1.54, 1.807) is 0 Å². The van der Waals surface area contributed by atoms with Gasteiger partial charge in [-0.3, -0.25) is 0 Å². The van der Waals surface area contributed by atoms with Crippen LogP contribution in [-0.4, -0.2) is 0 Å². The quantitative estimate of drug-likeness (QED) is 0.428. The maximum Gasteiger partial charge on any atom is 0.136 e. The first-order valence-electron chi connectivity index (χ1n) is 10.9. The second-order valence-electron chi connectivity index (χ2n) is 8.38. The third kappa shape index (κ3) is 5.22. The van der Waals surface area contributed by atoms with Crippen molar-refractivity contribution < 1.29 is 4.39 Å². The van der Waals surface area contributed by atoms with Gasteiger partial charge in [0.25, 0.3) is 0 Å². The average Bonchev–Trinajstić information content (AvgIpc) is 2.75. The largest absolute Gasteiger partial charge is 0.239 e. The third-order valence-corrected chi connectivity index (χ3v) is 6.36. The summed E-state index contributed by atoms with van der Waals surface area (Å²) in [6.07, 6.45) is 11.2. The van der Waals surface area contributed by atoms with E-state index in [9.17, 15) is 0 Å². The standard InChI is InChI=1S/C26H32FN/c1-2-3-4-5-6-7-21-16-18-26(27,19-17-21)25-14-12-24(13-15-25)23-10-8-22(20-28)9-11-23/h8-15,21H,2-7,16-19H2,1H3. The van der Waals surface area contributed by atoms with Gasteiger partial charge in [0.15, 0.2) is 0 Å². The summed E-state index contributed by atoms with van der Waals surface area (Å²) in [5.41, 5.74) is 2.45. The van der Waals surface area contributed by atoms with Crippen molar-refractivity contribution in [3.8, 4) is 17.2 Å². The summed E-state index contributed by atoms with van der Waals surface area (Å²) in [5.74, 6) is 0.712. The van der Waals surface area contributed by atoms with Gasteiger partial charge in [-0.15, -0.1) is 0 Å². The van der Waals surface area contributed by atoms with Gasteiger partial charge in [0.2, 0.25) is 0 Å². The van der Waals surface area contributed by atoms with Gasteiger partial charge in [0.05, 0.1) is 11.6 Å². The second kappa shape index (κ2) is 9.87. The zero-order chi connectivity index (χ0) is 19.8. The van der Waals surface area contributed by atoms with Crippen LogP contribution in [0.4, 0.5) is 4.39 Å². The molecule has 0 saturated heterocycles. The van der Waals surface area contributed by atoms with Crippen molar-refractivity contribution in [1.29, 1.82) is 5.26 Å². The number of unbranched alkanes of at least 4 members (excludes halogenated alkanes) is 4. The molecule has 0 atom stereocenters. The predicted molar refractivity (Wildman–Crippen MR) is 115 cm³/mol. The van der Waals surface area contributed by atoms with Crippen LogP contribution in [0.25, 0.3) is 11.1 Å². The summed E-state index contributed by atoms with van der Waals surface area (Å²) >= 11 is 0. The lowest BCUT2D eigenvalue weighted by Crippen LogP contribution is -2.27. The first kappa shape index (κ1) is 20.6. The zero-order valence-corrected chi connectivity index (χ0v) is 17.1. The van der Waals surface area contributed by atoms with Crippen molar-refractivity contribution in [2.24, 2.45) is 5.92 Å². The minimum atomic E-state index is -1.16. The maximum atomic E-state index is 15.6. The number of hydrogen-bond acceptors (Lipinski definition) is 1. The Morgan fingerprint density at radius 2 is 1.46 bits per heavy atom. The molecule has 2 aromatic carbocycles. The molecule has 0 spiro atoms. The van der Waals surface area contributed by atoms with Crippen molar-refractivity contribution in [2.45, 2.75) is 76.8 Å². The summed E-state index contributed by atoms with van der Waals surface area (Å²) in [4.78, 5) is 0. The minimum absolute atomic E-state index is 0.656. The normalized spacial score (nSPS) is 22.0. The van der Waals surface area contributed by atoms with Crippen molar-refractivity contribution >= 4 is 0 Å². The van der Waals surface area contributed by atoms with Crippen molar-refractivity contribution in [3.05, 3.63) is 59.7 Å². The summed E-state index contributed by atoms with van der Waals surface area (Å²) in [6, 6.07) is 17.6. The molecule has 2 aromatic rings. The molecule has 0 heterocycles. The molecule has 0 bridgehead atoms. The molecule has 3 rings (SSSR count). The van der Waals surface area contributed by atoms with Gasteiger partial charge in [-0.05, 0) is 60.4 Å². The maximum absolute atomic E-state index is 15.6. The summed E-state index contributed by atoms with van der Waals surface area (Å²) in [6.45, 7) is 2.25. The number of hydrogen-bond donors (Lipinski definition) is 0. The van der Waals surface area contributed by atoms with Crippen LogP contribution < -0.4 is 0 Å². The highest BCUT2D eigenvalue weighted by molar-refractivity contribution is 5.64. The highest BCUT2D eigenvalue weighted by Gasteiger charge is 2.36. The number of alkyl halides is 1. The van der Waals surface area contributed by atoms with Crippen LogP contribution in [0.1, 0.15) is 82.3 Å². The van der Waals surface area contributed by atoms with Crippen molar-refractivity contribution in [3.63, 3.8) is 0 Å². The van der Waals surface area contributed by atoms with Crippen LogP contribution in [0.2, 0.25) is 0 Å². The Hall–Kier alpha value is -2.14. The van der Waals surface area contributed by atoms with E-state index in [4.69, 9.17) is 5.26 Å². The Morgan fingerprint density at radius 3 is 2.04 bits per heavy atom. The van der Waals surface area contributed by atoms with Gasteiger partial charge in [-0.2, -0.15) is 5.26 Å². The third-order valence-electron chi connectivity index (χ3n) is 6.36. The molecule has 0 aromatic heterocycles. The molecule has 1 aliphatic carbocycles. The molecule has 28 heavy (non-hydrogen) atoms. The van der Waals surface area contributed by atoms with Gasteiger partial charge in [-0.1, -0.05) is 81.8 Å². The molecule has 0 unspecified atom stereocenters. The molecule has 2 heteroatoms. The Labute approximate surface area is 169 Å². The van der Waals surface area contributed by atoms with Gasteiger partial charge in [0.1, 0.15) is 5.67 Å². The summed E-state index contributed by atoms with van der Waals surface area (Å²) in [7, 11) is 0. The topological polar surface area (TPSA) is 23.8 Å². The number of halogens is 1. The molecule has 1 fully saturated rings.